The van der Waals surface area contributed by atoms with Gasteiger partial charge >= 0.3 is 0 Å². The molecule has 1 N–H and O–H groups in total. The van der Waals surface area contributed by atoms with E-state index in [4.69, 9.17) is 4.74 Å². The van der Waals surface area contributed by atoms with Gasteiger partial charge in [0.15, 0.2) is 0 Å². The number of rotatable bonds is 11. The number of ketones is 1. The van der Waals surface area contributed by atoms with Crippen molar-refractivity contribution in [2.75, 3.05) is 19.5 Å². The van der Waals surface area contributed by atoms with Gasteiger partial charge in [-0.3, -0.25) is 4.79 Å². The molecule has 1 atom stereocenters. The van der Waals surface area contributed by atoms with Gasteiger partial charge in [-0.25, -0.2) is 21.6 Å². The Morgan fingerprint density at radius 1 is 1.19 bits per heavy atom. The molecule has 0 fully saturated rings. The summed E-state index contributed by atoms with van der Waals surface area (Å²) in [5.41, 5.74) is -1.66. The Hall–Kier alpha value is -2.37. The molecular formula is C21H23F3N2O4S2. The second-order valence-corrected chi connectivity index (χ2v) is 10.3. The van der Waals surface area contributed by atoms with Crippen molar-refractivity contribution in [3.8, 4) is 5.75 Å². The van der Waals surface area contributed by atoms with Gasteiger partial charge in [0.25, 0.3) is 11.9 Å². The highest BCUT2D eigenvalue weighted by molar-refractivity contribution is 7.91. The number of halogens is 3. The fraction of sp³-hybridized carbons (Fsp3) is 0.381. The number of nitrogens with one attached hydrogen (secondary N) is 1. The molecule has 0 saturated heterocycles. The van der Waals surface area contributed by atoms with Crippen LogP contribution < -0.4 is 10.1 Å². The van der Waals surface area contributed by atoms with Gasteiger partial charge in [0.1, 0.15) is 16.5 Å². The maximum Gasteiger partial charge on any atom is 0.283 e. The molecule has 2 heterocycles. The lowest BCUT2D eigenvalue weighted by Crippen LogP contribution is -2.33. The summed E-state index contributed by atoms with van der Waals surface area (Å²) in [6.07, 6.45) is -3.07. The number of hydrogen-bond acceptors (Lipinski definition) is 6. The number of aromatic nitrogens is 1. The molecule has 0 aliphatic carbocycles. The minimum absolute atomic E-state index is 0.0928. The van der Waals surface area contributed by atoms with Gasteiger partial charge in [-0.2, -0.15) is 0 Å². The summed E-state index contributed by atoms with van der Waals surface area (Å²) in [6.45, 7) is 2.65. The van der Waals surface area contributed by atoms with Crippen LogP contribution in [0, 0.1) is 6.92 Å². The molecule has 0 amide bonds. The SMILES string of the molecule is COc1ccc(C(=O)c2cc3cc(C)n(CCCNCS(=O)(=O)C(F)C(F)F)c3s2)cc1. The number of thiophene rings is 1. The lowest BCUT2D eigenvalue weighted by Gasteiger charge is -2.11. The van der Waals surface area contributed by atoms with Crippen molar-refractivity contribution < 1.29 is 31.1 Å². The molecule has 2 aromatic heterocycles. The molecular weight excluding hydrogens is 465 g/mol. The quantitative estimate of drug-likeness (QED) is 0.324. The van der Waals surface area contributed by atoms with E-state index in [2.05, 4.69) is 5.32 Å². The number of carbonyl (C=O) groups excluding carboxylic acids is 1. The van der Waals surface area contributed by atoms with Gasteiger partial charge in [-0.15, -0.1) is 11.3 Å². The van der Waals surface area contributed by atoms with Gasteiger partial charge in [-0.1, -0.05) is 0 Å². The third-order valence-electron chi connectivity index (χ3n) is 4.93. The van der Waals surface area contributed by atoms with Crippen LogP contribution in [0.25, 0.3) is 10.2 Å². The fourth-order valence-corrected chi connectivity index (χ4v) is 5.35. The van der Waals surface area contributed by atoms with Gasteiger partial charge in [0.05, 0.1) is 12.0 Å². The minimum Gasteiger partial charge on any atom is -0.497 e. The molecule has 32 heavy (non-hydrogen) atoms. The van der Waals surface area contributed by atoms with E-state index in [-0.39, 0.29) is 12.3 Å². The van der Waals surface area contributed by atoms with Crippen molar-refractivity contribution in [1.29, 1.82) is 0 Å². The first-order chi connectivity index (χ1) is 15.1. The summed E-state index contributed by atoms with van der Waals surface area (Å²) in [7, 11) is -3.00. The summed E-state index contributed by atoms with van der Waals surface area (Å²) in [5, 5.41) is 3.44. The molecule has 1 aromatic carbocycles. The molecule has 0 aliphatic heterocycles. The second kappa shape index (κ2) is 10.1. The zero-order valence-electron chi connectivity index (χ0n) is 17.5. The van der Waals surface area contributed by atoms with E-state index >= 15 is 0 Å². The van der Waals surface area contributed by atoms with E-state index in [9.17, 15) is 26.4 Å². The Labute approximate surface area is 187 Å². The van der Waals surface area contributed by atoms with Gasteiger partial charge in [0, 0.05) is 23.2 Å². The number of benzene rings is 1. The van der Waals surface area contributed by atoms with Crippen LogP contribution >= 0.6 is 11.3 Å². The van der Waals surface area contributed by atoms with Crippen molar-refractivity contribution in [3.63, 3.8) is 0 Å². The van der Waals surface area contributed by atoms with Crippen molar-refractivity contribution in [2.45, 2.75) is 31.8 Å². The number of methoxy groups -OCH3 is 1. The first-order valence-corrected chi connectivity index (χ1v) is 12.3. The summed E-state index contributed by atoms with van der Waals surface area (Å²) in [5.74, 6) is -0.278. The zero-order valence-corrected chi connectivity index (χ0v) is 19.1. The lowest BCUT2D eigenvalue weighted by molar-refractivity contribution is 0.0901. The first-order valence-electron chi connectivity index (χ1n) is 9.77. The molecule has 11 heteroatoms. The predicted molar refractivity (Wildman–Crippen MR) is 118 cm³/mol. The molecule has 0 aliphatic rings. The van der Waals surface area contributed by atoms with Crippen LogP contribution in [0.1, 0.15) is 27.3 Å². The number of hydrogen-bond donors (Lipinski definition) is 1. The van der Waals surface area contributed by atoms with E-state index in [1.165, 1.54) is 11.3 Å². The van der Waals surface area contributed by atoms with E-state index < -0.39 is 27.6 Å². The molecule has 0 bridgehead atoms. The molecule has 3 aromatic rings. The monoisotopic (exact) mass is 488 g/mol. The lowest BCUT2D eigenvalue weighted by atomic mass is 10.1. The van der Waals surface area contributed by atoms with Gasteiger partial charge in [-0.05, 0) is 56.3 Å². The minimum atomic E-state index is -4.55. The van der Waals surface area contributed by atoms with Crippen LogP contribution in [0.4, 0.5) is 13.2 Å². The molecule has 0 spiro atoms. The summed E-state index contributed by atoms with van der Waals surface area (Å²) in [4.78, 5) is 14.3. The molecule has 174 valence electrons. The molecule has 0 saturated carbocycles. The Kier molecular flexibility index (Phi) is 7.63. The number of sulfone groups is 1. The second-order valence-electron chi connectivity index (χ2n) is 7.21. The van der Waals surface area contributed by atoms with Gasteiger partial charge in [0.2, 0.25) is 15.6 Å². The molecule has 0 radical (unpaired) electrons. The van der Waals surface area contributed by atoms with Crippen molar-refractivity contribution in [3.05, 3.63) is 52.5 Å². The maximum atomic E-state index is 13.1. The highest BCUT2D eigenvalue weighted by Crippen LogP contribution is 2.31. The third kappa shape index (κ3) is 5.33. The number of aryl methyl sites for hydroxylation is 2. The van der Waals surface area contributed by atoms with E-state index in [1.54, 1.807) is 31.4 Å². The highest BCUT2D eigenvalue weighted by atomic mass is 32.2. The molecule has 6 nitrogen and oxygen atoms in total. The van der Waals surface area contributed by atoms with Crippen LogP contribution in [0.5, 0.6) is 5.75 Å². The van der Waals surface area contributed by atoms with Crippen LogP contribution in [0.2, 0.25) is 0 Å². The zero-order chi connectivity index (χ0) is 23.5. The van der Waals surface area contributed by atoms with E-state index in [1.807, 2.05) is 23.6 Å². The average Bonchev–Trinajstić information content (AvgIpc) is 3.30. The fourth-order valence-electron chi connectivity index (χ4n) is 3.26. The Morgan fingerprint density at radius 2 is 1.88 bits per heavy atom. The Morgan fingerprint density at radius 3 is 2.50 bits per heavy atom. The maximum absolute atomic E-state index is 13.1. The molecule has 1 unspecified atom stereocenters. The number of nitrogens with zero attached hydrogens (tertiary/aromatic N) is 1. The Balaban J connectivity index is 1.63. The third-order valence-corrected chi connectivity index (χ3v) is 7.60. The van der Waals surface area contributed by atoms with Crippen LogP contribution in [-0.2, 0) is 16.4 Å². The normalized spacial score (nSPS) is 13.1. The average molecular weight is 489 g/mol. The van der Waals surface area contributed by atoms with E-state index in [0.29, 0.717) is 29.2 Å². The van der Waals surface area contributed by atoms with Crippen molar-refractivity contribution in [2.24, 2.45) is 0 Å². The van der Waals surface area contributed by atoms with Gasteiger partial charge < -0.3 is 14.6 Å². The van der Waals surface area contributed by atoms with Crippen molar-refractivity contribution in [1.82, 2.24) is 9.88 Å². The molecule has 3 rings (SSSR count). The topological polar surface area (TPSA) is 77.4 Å². The van der Waals surface area contributed by atoms with Crippen LogP contribution in [0.15, 0.2) is 36.4 Å². The van der Waals surface area contributed by atoms with E-state index in [0.717, 1.165) is 15.9 Å². The standard InChI is InChI=1S/C21H23F3N2O4S2/c1-13-10-15-11-17(18(27)14-4-6-16(30-2)7-5-14)31-21(15)26(13)9-3-8-25-12-32(28,29)20(24)19(22)23/h4-7,10-11,19-20,25H,3,8-9,12H2,1-2H3. The van der Waals surface area contributed by atoms with Crippen LogP contribution in [0.3, 0.4) is 0 Å². The largest absolute Gasteiger partial charge is 0.497 e. The number of fused-ring (bicyclic) bond motifs is 1. The number of alkyl halides is 3. The number of carbonyl (C=O) groups is 1. The first kappa shape index (κ1) is 24.3. The predicted octanol–water partition coefficient (Wildman–Crippen LogP) is 4.16. The number of ether oxygens (including phenoxy) is 1. The summed E-state index contributed by atoms with van der Waals surface area (Å²) >= 11 is 1.37. The van der Waals surface area contributed by atoms with Crippen molar-refractivity contribution >= 4 is 37.2 Å². The smallest absolute Gasteiger partial charge is 0.283 e. The Bertz CT molecular complexity index is 1190. The summed E-state index contributed by atoms with van der Waals surface area (Å²) < 4.78 is 67.6. The van der Waals surface area contributed by atoms with Crippen LogP contribution in [-0.4, -0.2) is 50.2 Å². The summed E-state index contributed by atoms with van der Waals surface area (Å²) in [6, 6.07) is 10.7. The highest BCUT2D eigenvalue weighted by Gasteiger charge is 2.33.